The van der Waals surface area contributed by atoms with Crippen LogP contribution in [0.25, 0.3) is 0 Å². The molecule has 1 aromatic rings. The zero-order chi connectivity index (χ0) is 8.77. The normalized spacial score (nSPS) is 19.2. The van der Waals surface area contributed by atoms with Crippen LogP contribution >= 0.6 is 0 Å². The number of nitrogen functional groups attached to an aromatic ring is 1. The topological polar surface area (TPSA) is 75.7 Å². The first-order chi connectivity index (χ1) is 5.59. The van der Waals surface area contributed by atoms with Gasteiger partial charge in [-0.25, -0.2) is 0 Å². The van der Waals surface area contributed by atoms with Gasteiger partial charge in [0.1, 0.15) is 0 Å². The van der Waals surface area contributed by atoms with Gasteiger partial charge in [-0.1, -0.05) is 17.7 Å². The van der Waals surface area contributed by atoms with Crippen LogP contribution in [0, 0.1) is 0 Å². The number of anilines is 1. The van der Waals surface area contributed by atoms with E-state index in [1.807, 2.05) is 0 Å². The Kier molecular flexibility index (Phi) is 1.41. The molecule has 12 heavy (non-hydrogen) atoms. The third-order valence-electron chi connectivity index (χ3n) is 2.05. The summed E-state index contributed by atoms with van der Waals surface area (Å²) in [7, 11) is 0. The molecule has 2 rings (SSSR count). The van der Waals surface area contributed by atoms with E-state index in [1.165, 1.54) is 6.07 Å². The Labute approximate surface area is 69.6 Å². The Bertz CT molecular complexity index is 326. The number of hydrogen-bond donors (Lipinski definition) is 3. The number of hydrogen-bond acceptors (Lipinski definition) is 4. The van der Waals surface area contributed by atoms with Crippen molar-refractivity contribution in [3.8, 4) is 0 Å². The first-order valence-corrected chi connectivity index (χ1v) is 3.71. The standard InChI is InChI=1S/C7H9BNO3/c9-6-2-1-5-4-12-8(10,11)7(5)3-6/h1-3,10-11H,4,9H2/q-1. The average molecular weight is 166 g/mol. The molecule has 0 fully saturated rings. The van der Waals surface area contributed by atoms with E-state index in [9.17, 15) is 10.0 Å². The van der Waals surface area contributed by atoms with Crippen LogP contribution < -0.4 is 11.2 Å². The highest BCUT2D eigenvalue weighted by molar-refractivity contribution is 6.74. The van der Waals surface area contributed by atoms with Gasteiger partial charge in [0.25, 0.3) is 0 Å². The number of benzene rings is 1. The van der Waals surface area contributed by atoms with Crippen LogP contribution in [-0.2, 0) is 11.3 Å². The van der Waals surface area contributed by atoms with Gasteiger partial charge in [-0.05, 0) is 6.07 Å². The predicted octanol–water partition coefficient (Wildman–Crippen LogP) is -1.07. The Hall–Kier alpha value is -1.04. The van der Waals surface area contributed by atoms with Gasteiger partial charge in [-0.15, -0.1) is 5.46 Å². The van der Waals surface area contributed by atoms with E-state index >= 15 is 0 Å². The smallest absolute Gasteiger partial charge is 0.405 e. The SMILES string of the molecule is Nc1ccc2c(c1)[B-](O)(O)OC2. The minimum atomic E-state index is -2.80. The first-order valence-electron chi connectivity index (χ1n) is 3.71. The van der Waals surface area contributed by atoms with Crippen molar-refractivity contribution in [1.82, 2.24) is 0 Å². The van der Waals surface area contributed by atoms with Crippen molar-refractivity contribution in [3.05, 3.63) is 23.8 Å². The van der Waals surface area contributed by atoms with Crippen LogP contribution in [0.3, 0.4) is 0 Å². The Morgan fingerprint density at radius 3 is 2.92 bits per heavy atom. The molecule has 1 heterocycles. The molecule has 0 saturated carbocycles. The molecule has 64 valence electrons. The van der Waals surface area contributed by atoms with E-state index in [2.05, 4.69) is 0 Å². The summed E-state index contributed by atoms with van der Waals surface area (Å²) in [6, 6.07) is 4.97. The lowest BCUT2D eigenvalue weighted by Crippen LogP contribution is -2.47. The van der Waals surface area contributed by atoms with Crippen LogP contribution in [0.1, 0.15) is 5.56 Å². The minimum absolute atomic E-state index is 0.239. The fourth-order valence-corrected chi connectivity index (χ4v) is 1.39. The maximum atomic E-state index is 9.31. The third kappa shape index (κ3) is 0.990. The van der Waals surface area contributed by atoms with E-state index in [4.69, 9.17) is 10.4 Å². The fraction of sp³-hybridized carbons (Fsp3) is 0.143. The average Bonchev–Trinajstić information content (AvgIpc) is 2.28. The van der Waals surface area contributed by atoms with Crippen LogP contribution in [-0.4, -0.2) is 16.8 Å². The van der Waals surface area contributed by atoms with Crippen molar-refractivity contribution in [2.24, 2.45) is 0 Å². The van der Waals surface area contributed by atoms with Crippen molar-refractivity contribution in [3.63, 3.8) is 0 Å². The second-order valence-corrected chi connectivity index (χ2v) is 2.97. The van der Waals surface area contributed by atoms with E-state index in [0.29, 0.717) is 11.2 Å². The maximum Gasteiger partial charge on any atom is 0.405 e. The summed E-state index contributed by atoms with van der Waals surface area (Å²) in [6.45, 7) is -2.56. The molecule has 4 nitrogen and oxygen atoms in total. The van der Waals surface area contributed by atoms with Gasteiger partial charge >= 0.3 is 6.75 Å². The molecule has 4 N–H and O–H groups in total. The van der Waals surface area contributed by atoms with E-state index in [-0.39, 0.29) is 6.61 Å². The van der Waals surface area contributed by atoms with Crippen LogP contribution in [0.15, 0.2) is 18.2 Å². The van der Waals surface area contributed by atoms with Crippen molar-refractivity contribution >= 4 is 17.9 Å². The summed E-state index contributed by atoms with van der Waals surface area (Å²) in [5.41, 5.74) is 7.18. The fourth-order valence-electron chi connectivity index (χ4n) is 1.39. The quantitative estimate of drug-likeness (QED) is 0.338. The summed E-state index contributed by atoms with van der Waals surface area (Å²) in [5, 5.41) is 18.6. The molecule has 0 unspecified atom stereocenters. The highest BCUT2D eigenvalue weighted by Gasteiger charge is 2.31. The molecule has 0 radical (unpaired) electrons. The Morgan fingerprint density at radius 2 is 2.17 bits per heavy atom. The Balaban J connectivity index is 2.57. The van der Waals surface area contributed by atoms with Gasteiger partial charge < -0.3 is 20.4 Å². The molecule has 0 atom stereocenters. The molecule has 1 aliphatic heterocycles. The summed E-state index contributed by atoms with van der Waals surface area (Å²) in [4.78, 5) is 0. The minimum Gasteiger partial charge on any atom is -0.556 e. The van der Waals surface area contributed by atoms with E-state index in [0.717, 1.165) is 5.56 Å². The highest BCUT2D eigenvalue weighted by atomic mass is 16.6. The van der Waals surface area contributed by atoms with Gasteiger partial charge in [0.15, 0.2) is 0 Å². The first kappa shape index (κ1) is 7.61. The van der Waals surface area contributed by atoms with Gasteiger partial charge in [-0.3, -0.25) is 0 Å². The monoisotopic (exact) mass is 166 g/mol. The van der Waals surface area contributed by atoms with Crippen molar-refractivity contribution in [1.29, 1.82) is 0 Å². The van der Waals surface area contributed by atoms with Crippen molar-refractivity contribution in [2.75, 3.05) is 5.73 Å². The molecule has 0 aliphatic carbocycles. The molecule has 0 bridgehead atoms. The lowest BCUT2D eigenvalue weighted by atomic mass is 9.70. The largest absolute Gasteiger partial charge is 0.556 e. The molecule has 0 aromatic heterocycles. The van der Waals surface area contributed by atoms with Gasteiger partial charge in [0.05, 0.1) is 0 Å². The molecule has 5 heteroatoms. The number of fused-ring (bicyclic) bond motifs is 1. The van der Waals surface area contributed by atoms with Crippen molar-refractivity contribution < 1.29 is 14.7 Å². The molecular weight excluding hydrogens is 157 g/mol. The molecular formula is C7H9BNO3-. The molecule has 1 aliphatic rings. The maximum absolute atomic E-state index is 9.31. The summed E-state index contributed by atoms with van der Waals surface area (Å²) < 4.78 is 4.78. The summed E-state index contributed by atoms with van der Waals surface area (Å²) in [6.07, 6.45) is 0. The second kappa shape index (κ2) is 2.23. The van der Waals surface area contributed by atoms with Gasteiger partial charge in [0.2, 0.25) is 0 Å². The van der Waals surface area contributed by atoms with E-state index < -0.39 is 6.75 Å². The Morgan fingerprint density at radius 1 is 1.42 bits per heavy atom. The van der Waals surface area contributed by atoms with Crippen LogP contribution in [0.5, 0.6) is 0 Å². The van der Waals surface area contributed by atoms with Gasteiger partial charge in [0, 0.05) is 12.3 Å². The molecule has 0 amide bonds. The molecule has 1 aromatic carbocycles. The lowest BCUT2D eigenvalue weighted by Gasteiger charge is -2.22. The zero-order valence-corrected chi connectivity index (χ0v) is 6.40. The van der Waals surface area contributed by atoms with Crippen LogP contribution in [0.2, 0.25) is 0 Å². The zero-order valence-electron chi connectivity index (χ0n) is 6.40. The third-order valence-corrected chi connectivity index (χ3v) is 2.05. The summed E-state index contributed by atoms with van der Waals surface area (Å²) >= 11 is 0. The van der Waals surface area contributed by atoms with Crippen LogP contribution in [0.4, 0.5) is 5.69 Å². The van der Waals surface area contributed by atoms with Gasteiger partial charge in [-0.2, -0.15) is 0 Å². The number of rotatable bonds is 0. The van der Waals surface area contributed by atoms with E-state index in [1.54, 1.807) is 12.1 Å². The second-order valence-electron chi connectivity index (χ2n) is 2.97. The number of nitrogens with two attached hydrogens (primary N) is 1. The van der Waals surface area contributed by atoms with Crippen molar-refractivity contribution in [2.45, 2.75) is 6.61 Å². The lowest BCUT2D eigenvalue weighted by molar-refractivity contribution is 0.169. The predicted molar refractivity (Wildman–Crippen MR) is 45.5 cm³/mol. The molecule has 0 spiro atoms. The molecule has 0 saturated heterocycles. The summed E-state index contributed by atoms with van der Waals surface area (Å²) in [5.74, 6) is 0. The highest BCUT2D eigenvalue weighted by Crippen LogP contribution is 2.16.